The lowest BCUT2D eigenvalue weighted by Crippen LogP contribution is -2.44. The summed E-state index contributed by atoms with van der Waals surface area (Å²) in [6.07, 6.45) is 1.75. The van der Waals surface area contributed by atoms with Gasteiger partial charge in [-0.2, -0.15) is 0 Å². The van der Waals surface area contributed by atoms with Gasteiger partial charge in [-0.25, -0.2) is 19.2 Å². The predicted molar refractivity (Wildman–Crippen MR) is 101 cm³/mol. The summed E-state index contributed by atoms with van der Waals surface area (Å²) in [5.41, 5.74) is 2.97. The molecule has 0 amide bonds. The lowest BCUT2D eigenvalue weighted by molar-refractivity contribution is -0.644. The lowest BCUT2D eigenvalue weighted by atomic mass is 10.2. The number of imidazole rings is 1. The van der Waals surface area contributed by atoms with Gasteiger partial charge >= 0.3 is 11.6 Å². The summed E-state index contributed by atoms with van der Waals surface area (Å²) in [5, 5.41) is 0. The van der Waals surface area contributed by atoms with Crippen molar-refractivity contribution < 1.29 is 4.57 Å². The average Bonchev–Trinajstić information content (AvgIpc) is 3.20. The first-order valence-electron chi connectivity index (χ1n) is 9.12. The molecular weight excluding hydrogens is 330 g/mol. The highest BCUT2D eigenvalue weighted by Crippen LogP contribution is 2.26. The van der Waals surface area contributed by atoms with Crippen LogP contribution in [0.4, 0.5) is 11.6 Å². The number of nitrogens with one attached hydrogen (secondary N) is 1. The van der Waals surface area contributed by atoms with Gasteiger partial charge in [0.05, 0.1) is 0 Å². The minimum Gasteiger partial charge on any atom is -0.267 e. The number of hydrogen-bond donors (Lipinski definition) is 1. The Hall–Kier alpha value is -2.83. The third-order valence-corrected chi connectivity index (χ3v) is 5.16. The quantitative estimate of drug-likeness (QED) is 0.724. The van der Waals surface area contributed by atoms with Gasteiger partial charge in [0, 0.05) is 13.6 Å². The van der Waals surface area contributed by atoms with Crippen LogP contribution in [0.1, 0.15) is 25.3 Å². The minimum absolute atomic E-state index is 0.204. The summed E-state index contributed by atoms with van der Waals surface area (Å²) < 4.78 is 4.91. The summed E-state index contributed by atoms with van der Waals surface area (Å²) in [5.74, 6) is 0.851. The molecule has 1 aliphatic rings. The molecule has 2 aromatic heterocycles. The summed E-state index contributed by atoms with van der Waals surface area (Å²) in [6.45, 7) is 6.08. The summed E-state index contributed by atoms with van der Waals surface area (Å²) in [6, 6.07) is 8.31. The Morgan fingerprint density at radius 2 is 1.92 bits per heavy atom. The van der Waals surface area contributed by atoms with Crippen LogP contribution in [0.25, 0.3) is 11.2 Å². The number of H-pyrrole nitrogens is 1. The molecule has 1 N–H and O–H groups in total. The van der Waals surface area contributed by atoms with Crippen molar-refractivity contribution in [3.63, 3.8) is 0 Å². The number of unbranched alkanes of at least 4 members (excludes halogenated alkanes) is 1. The second kappa shape index (κ2) is 6.16. The van der Waals surface area contributed by atoms with E-state index in [9.17, 15) is 9.59 Å². The fourth-order valence-corrected chi connectivity index (χ4v) is 3.64. The van der Waals surface area contributed by atoms with Crippen LogP contribution in [0.3, 0.4) is 0 Å². The molecule has 7 nitrogen and oxygen atoms in total. The Morgan fingerprint density at radius 3 is 2.62 bits per heavy atom. The molecular formula is C19H24N5O2+. The zero-order valence-electron chi connectivity index (χ0n) is 15.5. The number of nitrogens with zero attached hydrogens (tertiary/aromatic N) is 4. The van der Waals surface area contributed by atoms with Crippen molar-refractivity contribution >= 4 is 22.8 Å². The van der Waals surface area contributed by atoms with Crippen LogP contribution in [-0.2, 0) is 20.1 Å². The van der Waals surface area contributed by atoms with E-state index in [1.54, 1.807) is 11.6 Å². The second-order valence-electron chi connectivity index (χ2n) is 6.94. The molecule has 26 heavy (non-hydrogen) atoms. The van der Waals surface area contributed by atoms with Crippen LogP contribution in [0.5, 0.6) is 0 Å². The Kier molecular flexibility index (Phi) is 3.94. The molecule has 1 aliphatic heterocycles. The maximum atomic E-state index is 13.0. The Labute approximate surface area is 151 Å². The zero-order valence-corrected chi connectivity index (χ0v) is 15.5. The van der Waals surface area contributed by atoms with Gasteiger partial charge in [-0.3, -0.25) is 13.9 Å². The number of aromatic nitrogens is 4. The zero-order chi connectivity index (χ0) is 18.4. The van der Waals surface area contributed by atoms with Crippen molar-refractivity contribution in [2.24, 2.45) is 7.05 Å². The molecule has 0 atom stereocenters. The largest absolute Gasteiger partial charge is 0.364 e. The summed E-state index contributed by atoms with van der Waals surface area (Å²) in [4.78, 5) is 31.1. The first-order chi connectivity index (χ1) is 12.5. The molecule has 0 radical (unpaired) electrons. The Morgan fingerprint density at radius 1 is 1.19 bits per heavy atom. The third kappa shape index (κ3) is 2.38. The van der Waals surface area contributed by atoms with Gasteiger partial charge in [0.15, 0.2) is 0 Å². The fourth-order valence-electron chi connectivity index (χ4n) is 3.64. The van der Waals surface area contributed by atoms with Gasteiger partial charge in [0.2, 0.25) is 11.2 Å². The van der Waals surface area contributed by atoms with Gasteiger partial charge in [0.1, 0.15) is 18.8 Å². The third-order valence-electron chi connectivity index (χ3n) is 5.16. The maximum absolute atomic E-state index is 13.0. The van der Waals surface area contributed by atoms with Gasteiger partial charge < -0.3 is 0 Å². The van der Waals surface area contributed by atoms with Crippen molar-refractivity contribution in [3.05, 3.63) is 50.7 Å². The average molecular weight is 354 g/mol. The number of hydrogen-bond acceptors (Lipinski definition) is 3. The topological polar surface area (TPSA) is 66.9 Å². The molecule has 3 aromatic rings. The van der Waals surface area contributed by atoms with E-state index in [4.69, 9.17) is 0 Å². The molecule has 1 aromatic carbocycles. The van der Waals surface area contributed by atoms with Crippen molar-refractivity contribution in [2.75, 3.05) is 11.4 Å². The van der Waals surface area contributed by atoms with Gasteiger partial charge in [-0.1, -0.05) is 31.0 Å². The maximum Gasteiger partial charge on any atom is 0.364 e. The highest BCUT2D eigenvalue weighted by atomic mass is 16.2. The molecule has 0 aliphatic carbocycles. The molecule has 0 fully saturated rings. The van der Waals surface area contributed by atoms with Crippen LogP contribution in [-0.4, -0.2) is 20.7 Å². The van der Waals surface area contributed by atoms with Crippen molar-refractivity contribution in [2.45, 2.75) is 39.8 Å². The van der Waals surface area contributed by atoms with E-state index in [0.29, 0.717) is 24.3 Å². The van der Waals surface area contributed by atoms with Crippen LogP contribution < -0.4 is 20.7 Å². The first kappa shape index (κ1) is 16.6. The highest BCUT2D eigenvalue weighted by molar-refractivity contribution is 5.70. The van der Waals surface area contributed by atoms with E-state index in [-0.39, 0.29) is 11.2 Å². The van der Waals surface area contributed by atoms with Crippen LogP contribution in [0, 0.1) is 6.92 Å². The number of fused-ring (bicyclic) bond motifs is 3. The monoisotopic (exact) mass is 354 g/mol. The molecule has 0 saturated heterocycles. The minimum atomic E-state index is -0.265. The van der Waals surface area contributed by atoms with Crippen molar-refractivity contribution in [1.82, 2.24) is 14.1 Å². The van der Waals surface area contributed by atoms with Gasteiger partial charge in [-0.15, -0.1) is 0 Å². The van der Waals surface area contributed by atoms with E-state index < -0.39 is 0 Å². The van der Waals surface area contributed by atoms with E-state index in [1.165, 1.54) is 10.1 Å². The van der Waals surface area contributed by atoms with Crippen LogP contribution in [0.2, 0.25) is 0 Å². The van der Waals surface area contributed by atoms with E-state index >= 15 is 0 Å². The van der Waals surface area contributed by atoms with Gasteiger partial charge in [-0.05, 0) is 25.5 Å². The number of aromatic amines is 1. The standard InChI is InChI=1S/C19H23N5O2/c1-4-5-10-24-17(25)15-16(21(3)19(24)26)20-18-22(11-12-23(15)18)14-8-6-13(2)7-9-14/h6-9H,4-5,10-12H2,1-3H3/p+1. The molecule has 4 rings (SSSR count). The molecule has 0 unspecified atom stereocenters. The number of aryl methyl sites for hydroxylation is 2. The first-order valence-corrected chi connectivity index (χ1v) is 9.12. The van der Waals surface area contributed by atoms with E-state index in [1.807, 2.05) is 4.57 Å². The second-order valence-corrected chi connectivity index (χ2v) is 6.94. The SMILES string of the molecule is CCCCn1c(=O)c2c([nH]c3[n+]2CCN3c2ccc(C)cc2)n(C)c1=O. The molecule has 0 bridgehead atoms. The van der Waals surface area contributed by atoms with Crippen molar-refractivity contribution in [3.8, 4) is 0 Å². The normalized spacial score (nSPS) is 13.6. The molecule has 3 heterocycles. The summed E-state index contributed by atoms with van der Waals surface area (Å²) in [7, 11) is 1.72. The molecule has 0 saturated carbocycles. The summed E-state index contributed by atoms with van der Waals surface area (Å²) >= 11 is 0. The molecule has 136 valence electrons. The van der Waals surface area contributed by atoms with Gasteiger partial charge in [0.25, 0.3) is 5.56 Å². The highest BCUT2D eigenvalue weighted by Gasteiger charge is 2.35. The van der Waals surface area contributed by atoms with E-state index in [2.05, 4.69) is 48.0 Å². The smallest absolute Gasteiger partial charge is 0.267 e. The number of anilines is 2. The fraction of sp³-hybridized carbons (Fsp3) is 0.421. The molecule has 7 heteroatoms. The van der Waals surface area contributed by atoms with Crippen LogP contribution >= 0.6 is 0 Å². The van der Waals surface area contributed by atoms with E-state index in [0.717, 1.165) is 31.0 Å². The lowest BCUT2D eigenvalue weighted by Gasteiger charge is -2.09. The van der Waals surface area contributed by atoms with Crippen LogP contribution in [0.15, 0.2) is 33.9 Å². The predicted octanol–water partition coefficient (Wildman–Crippen LogP) is 1.58. The number of rotatable bonds is 4. The van der Waals surface area contributed by atoms with Crippen molar-refractivity contribution in [1.29, 1.82) is 0 Å². The Bertz CT molecular complexity index is 1090. The number of benzene rings is 1. The molecule has 0 spiro atoms. The Balaban J connectivity index is 1.91.